The van der Waals surface area contributed by atoms with Crippen LogP contribution in [0.4, 0.5) is 0 Å². The van der Waals surface area contributed by atoms with Crippen LogP contribution >= 0.6 is 11.6 Å². The largest absolute Gasteiger partial charge is 0.497 e. The van der Waals surface area contributed by atoms with Gasteiger partial charge in [-0.05, 0) is 67.3 Å². The summed E-state index contributed by atoms with van der Waals surface area (Å²) in [5.41, 5.74) is 9.57. The molecule has 2 aromatic carbocycles. The van der Waals surface area contributed by atoms with Gasteiger partial charge in [0.1, 0.15) is 30.5 Å². The summed E-state index contributed by atoms with van der Waals surface area (Å²) in [5.74, 6) is 5.62. The van der Waals surface area contributed by atoms with Crippen molar-refractivity contribution in [2.24, 2.45) is 28.8 Å². The predicted octanol–water partition coefficient (Wildman–Crippen LogP) is 3.38. The van der Waals surface area contributed by atoms with Gasteiger partial charge in [-0.15, -0.1) is 0 Å². The fraction of sp³-hybridized carbons (Fsp3) is 0.596. The van der Waals surface area contributed by atoms with E-state index in [0.717, 1.165) is 31.2 Å². The number of likely N-dealkylation sites (N-methyl/N-ethyl adjacent to an activating group) is 1. The van der Waals surface area contributed by atoms with Crippen molar-refractivity contribution in [3.05, 3.63) is 63.4 Å². The maximum Gasteiger partial charge on any atom is 0.310 e. The predicted molar refractivity (Wildman–Crippen MR) is 244 cm³/mol. The number of ether oxygens (including phenoxy) is 6. The lowest BCUT2D eigenvalue weighted by Gasteiger charge is -2.43. The number of amides is 4. The van der Waals surface area contributed by atoms with E-state index in [1.54, 1.807) is 51.6 Å². The zero-order valence-corrected chi connectivity index (χ0v) is 39.4. The number of nitrogens with two attached hydrogens (primary N) is 2. The second-order valence-electron chi connectivity index (χ2n) is 17.6. The summed E-state index contributed by atoms with van der Waals surface area (Å²) in [4.78, 5) is 69.4. The molecule has 0 aromatic heterocycles. The quantitative estimate of drug-likeness (QED) is 0.0543. The van der Waals surface area contributed by atoms with Crippen LogP contribution in [-0.4, -0.2) is 131 Å². The van der Waals surface area contributed by atoms with Crippen molar-refractivity contribution in [3.8, 4) is 17.2 Å². The average Bonchev–Trinajstić information content (AvgIpc) is 3.99. The number of carbonyl (C=O) groups excluding carboxylic acids is 5. The Balaban J connectivity index is 1.15. The fourth-order valence-corrected chi connectivity index (χ4v) is 9.38. The number of benzene rings is 2. The van der Waals surface area contributed by atoms with E-state index in [9.17, 15) is 19.2 Å². The average molecular weight is 941 g/mol. The molecule has 1 saturated heterocycles. The minimum atomic E-state index is -0.654. The van der Waals surface area contributed by atoms with Gasteiger partial charge in [0.05, 0.1) is 69.9 Å². The highest BCUT2D eigenvalue weighted by molar-refractivity contribution is 6.31. The second kappa shape index (κ2) is 23.4. The number of carbonyl (C=O) groups is 5. The normalized spacial score (nSPS) is 20.0. The fourth-order valence-electron chi connectivity index (χ4n) is 9.12. The van der Waals surface area contributed by atoms with Crippen LogP contribution in [0.3, 0.4) is 0 Å². The first-order chi connectivity index (χ1) is 31.7. The second-order valence-corrected chi connectivity index (χ2v) is 18.0. The monoisotopic (exact) mass is 939 g/mol. The van der Waals surface area contributed by atoms with Gasteiger partial charge in [0.25, 0.3) is 0 Å². The van der Waals surface area contributed by atoms with Crippen LogP contribution in [0.15, 0.2) is 41.7 Å². The summed E-state index contributed by atoms with van der Waals surface area (Å²) in [6.45, 7) is 3.88. The van der Waals surface area contributed by atoms with Crippen molar-refractivity contribution < 1.29 is 52.4 Å². The van der Waals surface area contributed by atoms with Crippen LogP contribution in [0, 0.1) is 17.3 Å². The maximum atomic E-state index is 15.0. The van der Waals surface area contributed by atoms with Gasteiger partial charge < -0.3 is 59.6 Å². The summed E-state index contributed by atoms with van der Waals surface area (Å²) in [6.07, 6.45) is 5.67. The van der Waals surface area contributed by atoms with E-state index >= 15 is 4.79 Å². The number of halogens is 1. The number of fused-ring (bicyclic) bond motifs is 1. The molecule has 3 unspecified atom stereocenters. The van der Waals surface area contributed by atoms with Crippen LogP contribution in [0.5, 0.6) is 17.2 Å². The van der Waals surface area contributed by atoms with Crippen LogP contribution in [-0.2, 0) is 51.2 Å². The summed E-state index contributed by atoms with van der Waals surface area (Å²) in [7, 11) is 4.74. The number of hydrazine groups is 1. The number of rotatable bonds is 23. The van der Waals surface area contributed by atoms with E-state index in [1.807, 2.05) is 9.80 Å². The van der Waals surface area contributed by atoms with Gasteiger partial charge in [0.2, 0.25) is 23.6 Å². The molecule has 3 atom stereocenters. The topological polar surface area (TPSA) is 227 Å². The number of esters is 1. The Morgan fingerprint density at radius 1 is 0.939 bits per heavy atom. The maximum absolute atomic E-state index is 15.0. The van der Waals surface area contributed by atoms with Crippen molar-refractivity contribution in [1.29, 1.82) is 0 Å². The number of nitrogens with zero attached hydrogens (tertiary/aromatic N) is 3. The minimum Gasteiger partial charge on any atom is -0.497 e. The lowest BCUT2D eigenvalue weighted by molar-refractivity contribution is -0.159. The van der Waals surface area contributed by atoms with E-state index < -0.39 is 23.8 Å². The van der Waals surface area contributed by atoms with Crippen LogP contribution < -0.4 is 36.4 Å². The first kappa shape index (κ1) is 50.1. The highest BCUT2D eigenvalue weighted by Gasteiger charge is 2.53. The zero-order valence-electron chi connectivity index (χ0n) is 38.6. The zero-order chi connectivity index (χ0) is 47.4. The van der Waals surface area contributed by atoms with Gasteiger partial charge in [-0.2, -0.15) is 0 Å². The van der Waals surface area contributed by atoms with Crippen LogP contribution in [0.2, 0.25) is 5.02 Å². The SMILES string of the molecule is COc1ccc(COC(=O)C2CCCCC2C(=O)N2CCc3c(Cl)ccc(OC/C(N)=C(\COCCNC(=O)CCOCCNC(C)=O)N(C)N)c3C2CN2CC3(CC3)CC2=O)c(OC)c1. The molecule has 0 bridgehead atoms. The molecule has 66 heavy (non-hydrogen) atoms. The van der Waals surface area contributed by atoms with Crippen molar-refractivity contribution in [3.63, 3.8) is 0 Å². The van der Waals surface area contributed by atoms with Gasteiger partial charge in [-0.1, -0.05) is 24.4 Å². The summed E-state index contributed by atoms with van der Waals surface area (Å²) in [6, 6.07) is 8.20. The van der Waals surface area contributed by atoms with Crippen LogP contribution in [0.25, 0.3) is 0 Å². The molecule has 18 nitrogen and oxygen atoms in total. The highest BCUT2D eigenvalue weighted by atomic mass is 35.5. The van der Waals surface area contributed by atoms with E-state index in [4.69, 9.17) is 51.6 Å². The molecule has 6 rings (SSSR count). The number of hydrogen-bond donors (Lipinski definition) is 4. The van der Waals surface area contributed by atoms with E-state index in [2.05, 4.69) is 10.6 Å². The third-order valence-corrected chi connectivity index (χ3v) is 13.3. The van der Waals surface area contributed by atoms with Crippen molar-refractivity contribution in [1.82, 2.24) is 25.4 Å². The summed E-state index contributed by atoms with van der Waals surface area (Å²) in [5, 5.41) is 7.28. The minimum absolute atomic E-state index is 0.00945. The Labute approximate surface area is 391 Å². The molecule has 6 N–H and O–H groups in total. The molecule has 19 heteroatoms. The highest BCUT2D eigenvalue weighted by Crippen LogP contribution is 2.54. The molecule has 0 radical (unpaired) electrons. The lowest BCUT2D eigenvalue weighted by atomic mass is 9.77. The molecule has 1 spiro atoms. The molecule has 4 amide bonds. The lowest BCUT2D eigenvalue weighted by Crippen LogP contribution is -2.50. The Morgan fingerprint density at radius 2 is 1.68 bits per heavy atom. The van der Waals surface area contributed by atoms with Gasteiger partial charge in [-0.3, -0.25) is 24.0 Å². The van der Waals surface area contributed by atoms with Crippen molar-refractivity contribution in [2.75, 3.05) is 87.0 Å². The van der Waals surface area contributed by atoms with Crippen LogP contribution in [0.1, 0.15) is 81.0 Å². The summed E-state index contributed by atoms with van der Waals surface area (Å²) >= 11 is 6.92. The Hall–Kier alpha value is -5.30. The summed E-state index contributed by atoms with van der Waals surface area (Å²) < 4.78 is 34.4. The van der Waals surface area contributed by atoms with Gasteiger partial charge in [0.15, 0.2) is 0 Å². The Bertz CT molecular complexity index is 2100. The molecule has 2 saturated carbocycles. The van der Waals surface area contributed by atoms with E-state index in [0.29, 0.717) is 96.7 Å². The third-order valence-electron chi connectivity index (χ3n) is 12.9. The molecular weight excluding hydrogens is 874 g/mol. The first-order valence-corrected chi connectivity index (χ1v) is 23.1. The molecule has 2 aromatic rings. The molecule has 2 aliphatic carbocycles. The van der Waals surface area contributed by atoms with Gasteiger partial charge in [0, 0.05) is 81.8 Å². The number of nitrogens with one attached hydrogen (secondary N) is 2. The van der Waals surface area contributed by atoms with Crippen molar-refractivity contribution >= 4 is 41.2 Å². The Kier molecular flexibility index (Phi) is 17.8. The molecular formula is C47H66ClN7O11. The van der Waals surface area contributed by atoms with E-state index in [1.165, 1.54) is 11.9 Å². The smallest absolute Gasteiger partial charge is 0.310 e. The molecule has 2 aliphatic heterocycles. The number of likely N-dealkylation sites (tertiary alicyclic amines) is 1. The molecule has 3 fully saturated rings. The molecule has 4 aliphatic rings. The standard InChI is InChI=1S/C47H66ClN7O11/c1-30(56)51-17-21-63-20-14-42(57)52-18-22-64-28-39(53(2)50)37(49)27-65-40-12-11-36(48)35-13-19-55(38(44(35)40)25-54-29-47(15-16-47)24-43(54)58)45(59)33-7-5-6-8-34(33)46(60)66-26-31-9-10-32(61-3)23-41(31)62-4/h9-12,23,33-34,38H,5-8,13-22,24-29,49-50H2,1-4H3,(H,51,56)(H,52,57)/b39-37-. The third kappa shape index (κ3) is 13.0. The van der Waals surface area contributed by atoms with E-state index in [-0.39, 0.29) is 81.6 Å². The number of hydrogen-bond acceptors (Lipinski definition) is 14. The van der Waals surface area contributed by atoms with Crippen molar-refractivity contribution in [2.45, 2.75) is 77.4 Å². The first-order valence-electron chi connectivity index (χ1n) is 22.8. The molecule has 362 valence electrons. The molecule has 2 heterocycles. The number of methoxy groups -OCH3 is 2. The van der Waals surface area contributed by atoms with Gasteiger partial charge in [-0.25, -0.2) is 5.84 Å². The Morgan fingerprint density at radius 3 is 2.38 bits per heavy atom. The van der Waals surface area contributed by atoms with Gasteiger partial charge >= 0.3 is 5.97 Å².